The minimum absolute atomic E-state index is 0.184. The first-order chi connectivity index (χ1) is 18.1. The zero-order chi connectivity index (χ0) is 26.8. The van der Waals surface area contributed by atoms with Crippen molar-refractivity contribution in [1.29, 1.82) is 0 Å². The van der Waals surface area contributed by atoms with Crippen LogP contribution in [-0.4, -0.2) is 17.3 Å². The predicted octanol–water partition coefficient (Wildman–Crippen LogP) is 8.35. The summed E-state index contributed by atoms with van der Waals surface area (Å²) in [7, 11) is 0. The molecule has 2 aliphatic heterocycles. The molecule has 2 aliphatic rings. The van der Waals surface area contributed by atoms with Crippen LogP contribution >= 0.6 is 0 Å². The van der Waals surface area contributed by atoms with Crippen molar-refractivity contribution >= 4 is 0 Å². The first kappa shape index (κ1) is 24.9. The Bertz CT molecular complexity index is 1470. The Hall–Kier alpha value is -3.44. The normalized spacial score (nSPS) is 24.0. The van der Waals surface area contributed by atoms with E-state index >= 15 is 0 Å². The molecule has 0 amide bonds. The number of fused-ring (bicyclic) bond motifs is 1. The third-order valence-electron chi connectivity index (χ3n) is 8.29. The molecule has 0 bridgehead atoms. The van der Waals surface area contributed by atoms with Crippen LogP contribution < -0.4 is 0 Å². The van der Waals surface area contributed by atoms with Gasteiger partial charge in [-0.15, -0.1) is 0 Å². The van der Waals surface area contributed by atoms with Crippen molar-refractivity contribution in [2.24, 2.45) is 10.8 Å². The Balaban J connectivity index is 1.27. The highest BCUT2D eigenvalue weighted by Crippen LogP contribution is 2.69. The topological polar surface area (TPSA) is 47.9 Å². The molecule has 0 saturated carbocycles. The van der Waals surface area contributed by atoms with Crippen LogP contribution in [0, 0.1) is 10.8 Å². The van der Waals surface area contributed by atoms with E-state index in [0.29, 0.717) is 6.61 Å². The second-order valence-electron chi connectivity index (χ2n) is 12.1. The standard InChI is InChI=1S/C34H34O4/c1-31(2,3)34-32(4,5)22-36-33(34,37-38-34)28-19-20-29(30(35)21-28)27-17-15-26(16-18-27)25-13-11-24(12-14-25)23-9-7-6-8-10-23/h6-21,35H,22H2,1-5H3. The summed E-state index contributed by atoms with van der Waals surface area (Å²) in [5, 5.41) is 11.1. The summed E-state index contributed by atoms with van der Waals surface area (Å²) < 4.78 is 6.31. The molecule has 4 heteroatoms. The zero-order valence-electron chi connectivity index (χ0n) is 22.6. The molecule has 194 valence electrons. The zero-order valence-corrected chi connectivity index (χ0v) is 22.6. The lowest BCUT2D eigenvalue weighted by molar-refractivity contribution is -0.626. The molecule has 0 spiro atoms. The number of hydrogen-bond donors (Lipinski definition) is 1. The van der Waals surface area contributed by atoms with Gasteiger partial charge in [-0.25, -0.2) is 4.89 Å². The highest BCUT2D eigenvalue weighted by Gasteiger charge is 2.81. The van der Waals surface area contributed by atoms with Crippen LogP contribution in [0.4, 0.5) is 0 Å². The van der Waals surface area contributed by atoms with E-state index < -0.39 is 11.4 Å². The predicted molar refractivity (Wildman–Crippen MR) is 150 cm³/mol. The number of phenols is 1. The van der Waals surface area contributed by atoms with E-state index in [0.717, 1.165) is 27.8 Å². The van der Waals surface area contributed by atoms with Crippen molar-refractivity contribution in [1.82, 2.24) is 0 Å². The Kier molecular flexibility index (Phi) is 5.59. The molecule has 2 unspecified atom stereocenters. The van der Waals surface area contributed by atoms with Crippen LogP contribution in [0.5, 0.6) is 5.75 Å². The molecule has 4 nitrogen and oxygen atoms in total. The Morgan fingerprint density at radius 1 is 0.658 bits per heavy atom. The Morgan fingerprint density at radius 3 is 1.66 bits per heavy atom. The number of rotatable bonds is 4. The number of benzene rings is 4. The van der Waals surface area contributed by atoms with Gasteiger partial charge < -0.3 is 9.84 Å². The average molecular weight is 507 g/mol. The van der Waals surface area contributed by atoms with Gasteiger partial charge in [-0.2, -0.15) is 4.89 Å². The maximum absolute atomic E-state index is 11.1. The van der Waals surface area contributed by atoms with Crippen LogP contribution in [0.1, 0.15) is 40.2 Å². The minimum Gasteiger partial charge on any atom is -0.507 e. The lowest BCUT2D eigenvalue weighted by atomic mass is 9.57. The molecular weight excluding hydrogens is 472 g/mol. The van der Waals surface area contributed by atoms with Crippen LogP contribution in [0.2, 0.25) is 0 Å². The van der Waals surface area contributed by atoms with Gasteiger partial charge in [0.2, 0.25) is 0 Å². The van der Waals surface area contributed by atoms with E-state index in [4.69, 9.17) is 14.5 Å². The minimum atomic E-state index is -1.06. The third kappa shape index (κ3) is 3.48. The first-order valence-corrected chi connectivity index (χ1v) is 13.2. The Labute approximate surface area is 224 Å². The summed E-state index contributed by atoms with van der Waals surface area (Å²) >= 11 is 0. The average Bonchev–Trinajstić information content (AvgIpc) is 3.05. The molecule has 4 aromatic carbocycles. The third-order valence-corrected chi connectivity index (χ3v) is 8.29. The van der Waals surface area contributed by atoms with Crippen LogP contribution in [0.15, 0.2) is 97.1 Å². The highest BCUT2D eigenvalue weighted by atomic mass is 17.3. The van der Waals surface area contributed by atoms with E-state index in [9.17, 15) is 5.11 Å². The molecule has 0 aliphatic carbocycles. The van der Waals surface area contributed by atoms with Crippen molar-refractivity contribution in [2.45, 2.75) is 46.0 Å². The van der Waals surface area contributed by atoms with Gasteiger partial charge >= 0.3 is 0 Å². The molecule has 1 N–H and O–H groups in total. The smallest absolute Gasteiger partial charge is 0.261 e. The van der Waals surface area contributed by atoms with E-state index in [2.05, 4.69) is 95.3 Å². The maximum atomic E-state index is 11.1. The van der Waals surface area contributed by atoms with Gasteiger partial charge in [-0.3, -0.25) is 0 Å². The molecule has 2 saturated heterocycles. The van der Waals surface area contributed by atoms with Crippen LogP contribution in [0.25, 0.3) is 33.4 Å². The molecule has 2 heterocycles. The molecule has 2 fully saturated rings. The second-order valence-corrected chi connectivity index (χ2v) is 12.1. The van der Waals surface area contributed by atoms with Gasteiger partial charge in [0.15, 0.2) is 5.60 Å². The molecule has 6 rings (SSSR count). The van der Waals surface area contributed by atoms with E-state index in [1.807, 2.05) is 30.3 Å². The van der Waals surface area contributed by atoms with Crippen LogP contribution in [0.3, 0.4) is 0 Å². The van der Waals surface area contributed by atoms with Crippen molar-refractivity contribution in [3.63, 3.8) is 0 Å². The first-order valence-electron chi connectivity index (χ1n) is 13.2. The summed E-state index contributed by atoms with van der Waals surface area (Å²) in [4.78, 5) is 11.7. The molecule has 0 aromatic heterocycles. The van der Waals surface area contributed by atoms with Crippen LogP contribution in [-0.2, 0) is 20.3 Å². The summed E-state index contributed by atoms with van der Waals surface area (Å²) in [6.07, 6.45) is 0. The van der Waals surface area contributed by atoms with Crippen molar-refractivity contribution < 1.29 is 19.6 Å². The fourth-order valence-electron chi connectivity index (χ4n) is 6.55. The number of aromatic hydroxyl groups is 1. The van der Waals surface area contributed by atoms with E-state index in [1.165, 1.54) is 11.1 Å². The largest absolute Gasteiger partial charge is 0.507 e. The molecule has 2 atom stereocenters. The van der Waals surface area contributed by atoms with Gasteiger partial charge in [0, 0.05) is 22.0 Å². The summed E-state index contributed by atoms with van der Waals surface area (Å²) in [5.74, 6) is -0.871. The lowest BCUT2D eigenvalue weighted by Crippen LogP contribution is -2.72. The van der Waals surface area contributed by atoms with Gasteiger partial charge in [-0.1, -0.05) is 126 Å². The molecule has 38 heavy (non-hydrogen) atoms. The van der Waals surface area contributed by atoms with Gasteiger partial charge in [-0.05, 0) is 33.9 Å². The van der Waals surface area contributed by atoms with Crippen molar-refractivity contribution in [3.8, 4) is 39.1 Å². The van der Waals surface area contributed by atoms with E-state index in [1.54, 1.807) is 6.07 Å². The van der Waals surface area contributed by atoms with Crippen molar-refractivity contribution in [3.05, 3.63) is 103 Å². The fourth-order valence-corrected chi connectivity index (χ4v) is 6.55. The van der Waals surface area contributed by atoms with Gasteiger partial charge in [0.25, 0.3) is 5.79 Å². The van der Waals surface area contributed by atoms with Gasteiger partial charge in [0.05, 0.1) is 6.61 Å². The molecule has 0 radical (unpaired) electrons. The summed E-state index contributed by atoms with van der Waals surface area (Å²) in [6, 6.07) is 32.9. The summed E-state index contributed by atoms with van der Waals surface area (Å²) in [6.45, 7) is 11.2. The quantitative estimate of drug-likeness (QED) is 0.283. The number of ether oxygens (including phenoxy) is 1. The highest BCUT2D eigenvalue weighted by molar-refractivity contribution is 5.75. The second kappa shape index (κ2) is 8.54. The van der Waals surface area contributed by atoms with Gasteiger partial charge in [0.1, 0.15) is 5.75 Å². The number of phenolic OH excluding ortho intramolecular Hbond substituents is 1. The number of hydrogen-bond acceptors (Lipinski definition) is 4. The monoisotopic (exact) mass is 506 g/mol. The Morgan fingerprint density at radius 2 is 1.18 bits per heavy atom. The fraction of sp³-hybridized carbons (Fsp3) is 0.294. The van der Waals surface area contributed by atoms with E-state index in [-0.39, 0.29) is 16.6 Å². The molecular formula is C34H34O4. The van der Waals surface area contributed by atoms with Crippen molar-refractivity contribution in [2.75, 3.05) is 6.61 Å². The summed E-state index contributed by atoms with van der Waals surface area (Å²) in [5.41, 5.74) is 5.93. The lowest BCUT2D eigenvalue weighted by Gasteiger charge is -2.61. The SMILES string of the molecule is CC(C)(C)C12OOC1(c1ccc(-c3ccc(-c4ccc(-c5ccccc5)cc4)cc3)c(O)c1)OCC2(C)C. The molecule has 4 aromatic rings. The maximum Gasteiger partial charge on any atom is 0.261 e.